The minimum atomic E-state index is -0.0737. The number of nitrogens with one attached hydrogen (secondary N) is 1. The van der Waals surface area contributed by atoms with E-state index in [4.69, 9.17) is 0 Å². The van der Waals surface area contributed by atoms with Gasteiger partial charge in [-0.3, -0.25) is 4.79 Å². The van der Waals surface area contributed by atoms with Crippen molar-refractivity contribution in [2.75, 3.05) is 23.3 Å². The van der Waals surface area contributed by atoms with Crippen LogP contribution in [0.3, 0.4) is 0 Å². The van der Waals surface area contributed by atoms with Crippen LogP contribution in [0, 0.1) is 12.8 Å². The van der Waals surface area contributed by atoms with Crippen LogP contribution in [-0.2, 0) is 11.2 Å². The summed E-state index contributed by atoms with van der Waals surface area (Å²) in [7, 11) is 0. The monoisotopic (exact) mass is 381 g/mol. The molecule has 3 aromatic rings. The molecular formula is C20H23N5OS. The van der Waals surface area contributed by atoms with Crippen molar-refractivity contribution in [2.45, 2.75) is 33.1 Å². The van der Waals surface area contributed by atoms with Crippen molar-refractivity contribution in [1.29, 1.82) is 0 Å². The maximum absolute atomic E-state index is 12.8. The summed E-state index contributed by atoms with van der Waals surface area (Å²) in [6, 6.07) is 7.85. The van der Waals surface area contributed by atoms with Crippen molar-refractivity contribution >= 4 is 39.1 Å². The first-order valence-corrected chi connectivity index (χ1v) is 10.2. The Morgan fingerprint density at radius 1 is 1.37 bits per heavy atom. The fourth-order valence-corrected chi connectivity index (χ4v) is 4.47. The molecule has 0 aromatic carbocycles. The minimum Gasteiger partial charge on any atom is -0.355 e. The van der Waals surface area contributed by atoms with Gasteiger partial charge in [-0.2, -0.15) is 0 Å². The molecule has 1 unspecified atom stereocenters. The molecule has 1 saturated heterocycles. The van der Waals surface area contributed by atoms with Gasteiger partial charge >= 0.3 is 0 Å². The molecule has 0 radical (unpaired) electrons. The summed E-state index contributed by atoms with van der Waals surface area (Å²) in [5.74, 6) is 1.52. The van der Waals surface area contributed by atoms with Crippen molar-refractivity contribution in [3.05, 3.63) is 41.2 Å². The van der Waals surface area contributed by atoms with Crippen molar-refractivity contribution in [3.8, 4) is 0 Å². The molecule has 0 aliphatic carbocycles. The summed E-state index contributed by atoms with van der Waals surface area (Å²) in [5, 5.41) is 4.07. The van der Waals surface area contributed by atoms with E-state index in [1.165, 1.54) is 4.88 Å². The second-order valence-electron chi connectivity index (χ2n) is 6.92. The van der Waals surface area contributed by atoms with Crippen molar-refractivity contribution in [2.24, 2.45) is 5.92 Å². The van der Waals surface area contributed by atoms with Gasteiger partial charge in [-0.15, -0.1) is 11.3 Å². The number of hydrogen-bond donors (Lipinski definition) is 1. The van der Waals surface area contributed by atoms with E-state index >= 15 is 0 Å². The minimum absolute atomic E-state index is 0.0302. The molecule has 4 rings (SSSR count). The number of hydrogen-bond acceptors (Lipinski definition) is 6. The molecule has 140 valence electrons. The van der Waals surface area contributed by atoms with Crippen LogP contribution in [0.4, 0.5) is 11.6 Å². The highest BCUT2D eigenvalue weighted by molar-refractivity contribution is 7.18. The SMILES string of the molecule is CCc1cc2c(N3CCCC(C(=O)Nc4cccc(C)n4)C3)ncnc2s1. The number of amides is 1. The summed E-state index contributed by atoms with van der Waals surface area (Å²) in [4.78, 5) is 30.7. The number of nitrogens with zero attached hydrogens (tertiary/aromatic N) is 4. The van der Waals surface area contributed by atoms with E-state index in [0.29, 0.717) is 12.4 Å². The summed E-state index contributed by atoms with van der Waals surface area (Å²) in [6.07, 6.45) is 4.48. The highest BCUT2D eigenvalue weighted by atomic mass is 32.1. The molecule has 1 atom stereocenters. The number of anilines is 2. The Morgan fingerprint density at radius 2 is 2.26 bits per heavy atom. The Kier molecular flexibility index (Phi) is 5.03. The molecule has 6 nitrogen and oxygen atoms in total. The van der Waals surface area contributed by atoms with Crippen LogP contribution in [-0.4, -0.2) is 33.9 Å². The first-order valence-electron chi connectivity index (χ1n) is 9.37. The van der Waals surface area contributed by atoms with Crippen LogP contribution in [0.2, 0.25) is 0 Å². The van der Waals surface area contributed by atoms with E-state index in [0.717, 1.165) is 47.5 Å². The lowest BCUT2D eigenvalue weighted by Gasteiger charge is -2.33. The van der Waals surface area contributed by atoms with Crippen molar-refractivity contribution < 1.29 is 4.79 Å². The molecule has 7 heteroatoms. The number of rotatable bonds is 4. The fourth-order valence-electron chi connectivity index (χ4n) is 3.54. The maximum atomic E-state index is 12.8. The van der Waals surface area contributed by atoms with E-state index in [9.17, 15) is 4.79 Å². The van der Waals surface area contributed by atoms with E-state index in [2.05, 4.69) is 38.2 Å². The topological polar surface area (TPSA) is 71.0 Å². The normalized spacial score (nSPS) is 17.3. The quantitative estimate of drug-likeness (QED) is 0.744. The van der Waals surface area contributed by atoms with Gasteiger partial charge in [-0.05, 0) is 44.4 Å². The largest absolute Gasteiger partial charge is 0.355 e. The summed E-state index contributed by atoms with van der Waals surface area (Å²) in [5.41, 5.74) is 0.894. The highest BCUT2D eigenvalue weighted by Gasteiger charge is 2.28. The van der Waals surface area contributed by atoms with Crippen molar-refractivity contribution in [1.82, 2.24) is 15.0 Å². The van der Waals surface area contributed by atoms with Gasteiger partial charge < -0.3 is 10.2 Å². The molecule has 3 aromatic heterocycles. The second kappa shape index (κ2) is 7.60. The molecule has 0 spiro atoms. The van der Waals surface area contributed by atoms with Gasteiger partial charge in [0.2, 0.25) is 5.91 Å². The molecular weight excluding hydrogens is 358 g/mol. The zero-order chi connectivity index (χ0) is 18.8. The summed E-state index contributed by atoms with van der Waals surface area (Å²) in [6.45, 7) is 5.65. The van der Waals surface area contributed by atoms with Gasteiger partial charge in [0.15, 0.2) is 0 Å². The third-order valence-corrected chi connectivity index (χ3v) is 6.13. The van der Waals surface area contributed by atoms with Gasteiger partial charge in [0, 0.05) is 23.7 Å². The second-order valence-corrected chi connectivity index (χ2v) is 8.04. The van der Waals surface area contributed by atoms with E-state index in [-0.39, 0.29) is 11.8 Å². The molecule has 1 aliphatic heterocycles. The number of aromatic nitrogens is 3. The number of pyridine rings is 1. The molecule has 0 bridgehead atoms. The van der Waals surface area contributed by atoms with Crippen LogP contribution in [0.15, 0.2) is 30.6 Å². The van der Waals surface area contributed by atoms with Crippen LogP contribution in [0.25, 0.3) is 10.2 Å². The average Bonchev–Trinajstić information content (AvgIpc) is 3.11. The zero-order valence-electron chi connectivity index (χ0n) is 15.6. The van der Waals surface area contributed by atoms with E-state index < -0.39 is 0 Å². The molecule has 1 N–H and O–H groups in total. The third kappa shape index (κ3) is 3.78. The molecule has 1 fully saturated rings. The van der Waals surface area contributed by atoms with Crippen LogP contribution in [0.5, 0.6) is 0 Å². The van der Waals surface area contributed by atoms with Crippen LogP contribution < -0.4 is 10.2 Å². The Morgan fingerprint density at radius 3 is 3.07 bits per heavy atom. The Labute approximate surface area is 162 Å². The lowest BCUT2D eigenvalue weighted by molar-refractivity contribution is -0.120. The van der Waals surface area contributed by atoms with Gasteiger partial charge in [0.25, 0.3) is 0 Å². The average molecular weight is 382 g/mol. The van der Waals surface area contributed by atoms with E-state index in [1.807, 2.05) is 25.1 Å². The third-order valence-electron chi connectivity index (χ3n) is 4.94. The number of carbonyl (C=O) groups is 1. The molecule has 1 aliphatic rings. The summed E-state index contributed by atoms with van der Waals surface area (Å²) < 4.78 is 0. The predicted octanol–water partition coefficient (Wildman–Crippen LogP) is 3.81. The molecule has 0 saturated carbocycles. The van der Waals surface area contributed by atoms with Crippen molar-refractivity contribution in [3.63, 3.8) is 0 Å². The predicted molar refractivity (Wildman–Crippen MR) is 109 cm³/mol. The lowest BCUT2D eigenvalue weighted by atomic mass is 9.97. The smallest absolute Gasteiger partial charge is 0.230 e. The first kappa shape index (κ1) is 17.9. The Bertz CT molecular complexity index is 970. The number of fused-ring (bicyclic) bond motifs is 1. The highest BCUT2D eigenvalue weighted by Crippen LogP contribution is 2.32. The maximum Gasteiger partial charge on any atom is 0.230 e. The number of aryl methyl sites for hydroxylation is 2. The van der Waals surface area contributed by atoms with Gasteiger partial charge in [0.05, 0.1) is 11.3 Å². The first-order chi connectivity index (χ1) is 13.1. The van der Waals surface area contributed by atoms with Gasteiger partial charge in [0.1, 0.15) is 22.8 Å². The number of thiophene rings is 1. The molecule has 27 heavy (non-hydrogen) atoms. The van der Waals surface area contributed by atoms with Gasteiger partial charge in [-0.25, -0.2) is 15.0 Å². The summed E-state index contributed by atoms with van der Waals surface area (Å²) >= 11 is 1.72. The Hall–Kier alpha value is -2.54. The lowest BCUT2D eigenvalue weighted by Crippen LogP contribution is -2.41. The van der Waals surface area contributed by atoms with Crippen LogP contribution in [0.1, 0.15) is 30.3 Å². The molecule has 1 amide bonds. The Balaban J connectivity index is 1.53. The standard InChI is InChI=1S/C20H23N5OS/c1-3-15-10-16-18(21-12-22-20(16)27-15)25-9-5-7-14(11-25)19(26)24-17-8-4-6-13(2)23-17/h4,6,8,10,12,14H,3,5,7,9,11H2,1-2H3,(H,23,24,26). The number of piperidine rings is 1. The van der Waals surface area contributed by atoms with Crippen LogP contribution >= 0.6 is 11.3 Å². The molecule has 4 heterocycles. The number of carbonyl (C=O) groups excluding carboxylic acids is 1. The zero-order valence-corrected chi connectivity index (χ0v) is 16.4. The van der Waals surface area contributed by atoms with Gasteiger partial charge in [-0.1, -0.05) is 13.0 Å². The fraction of sp³-hybridized carbons (Fsp3) is 0.400. The van der Waals surface area contributed by atoms with E-state index in [1.54, 1.807) is 17.7 Å².